The van der Waals surface area contributed by atoms with E-state index in [-0.39, 0.29) is 6.10 Å². The summed E-state index contributed by atoms with van der Waals surface area (Å²) in [5, 5.41) is 10.5. The predicted molar refractivity (Wildman–Crippen MR) is 82.5 cm³/mol. The van der Waals surface area contributed by atoms with Crippen molar-refractivity contribution < 1.29 is 19.3 Å². The summed E-state index contributed by atoms with van der Waals surface area (Å²) in [6.07, 6.45) is 2.24. The fraction of sp³-hybridized carbons (Fsp3) is 0.706. The Kier molecular flexibility index (Phi) is 3.90. The molecule has 3 fully saturated rings. The minimum Gasteiger partial charge on any atom is -0.387 e. The van der Waals surface area contributed by atoms with Crippen molar-refractivity contribution in [2.75, 3.05) is 13.1 Å². The van der Waals surface area contributed by atoms with Gasteiger partial charge in [0, 0.05) is 12.7 Å². The van der Waals surface area contributed by atoms with Gasteiger partial charge in [0.2, 0.25) is 0 Å². The zero-order valence-electron chi connectivity index (χ0n) is 13.6. The molecule has 23 heavy (non-hydrogen) atoms. The van der Waals surface area contributed by atoms with E-state index in [0.29, 0.717) is 12.6 Å². The standard InChI is InChI=1S/C17H24N2O4/c1-17(2)22-15-14(20)13(21-16(15)23-17)10-19-9-5-7-12(19)11-6-3-4-8-18-11/h3-4,6,8,12-16,20H,5,7,9-10H2,1-2H3/t12-,13+,14+,15-,16+/m0/s1. The van der Waals surface area contributed by atoms with Crippen LogP contribution >= 0.6 is 0 Å². The number of hydrogen-bond acceptors (Lipinski definition) is 6. The normalized spacial score (nSPS) is 39.7. The Bertz CT molecular complexity index is 553. The molecular weight excluding hydrogens is 296 g/mol. The largest absolute Gasteiger partial charge is 0.387 e. The van der Waals surface area contributed by atoms with Crippen LogP contribution < -0.4 is 0 Å². The molecule has 0 saturated carbocycles. The Morgan fingerprint density at radius 2 is 2.22 bits per heavy atom. The van der Waals surface area contributed by atoms with Crippen molar-refractivity contribution in [2.24, 2.45) is 0 Å². The second-order valence-electron chi connectivity index (χ2n) is 7.04. The molecule has 3 aliphatic heterocycles. The highest BCUT2D eigenvalue weighted by atomic mass is 16.8. The molecule has 1 N–H and O–H groups in total. The fourth-order valence-corrected chi connectivity index (χ4v) is 3.89. The van der Waals surface area contributed by atoms with Crippen LogP contribution in [0.15, 0.2) is 24.4 Å². The van der Waals surface area contributed by atoms with Crippen molar-refractivity contribution >= 4 is 0 Å². The number of rotatable bonds is 3. The molecule has 0 spiro atoms. The maximum Gasteiger partial charge on any atom is 0.190 e. The van der Waals surface area contributed by atoms with Gasteiger partial charge in [-0.3, -0.25) is 9.88 Å². The summed E-state index contributed by atoms with van der Waals surface area (Å²) in [5.41, 5.74) is 1.09. The lowest BCUT2D eigenvalue weighted by Gasteiger charge is -2.29. The lowest BCUT2D eigenvalue weighted by Crippen LogP contribution is -2.41. The van der Waals surface area contributed by atoms with Crippen molar-refractivity contribution in [1.82, 2.24) is 9.88 Å². The molecule has 0 unspecified atom stereocenters. The van der Waals surface area contributed by atoms with Crippen LogP contribution in [0, 0.1) is 0 Å². The number of aromatic nitrogens is 1. The van der Waals surface area contributed by atoms with E-state index >= 15 is 0 Å². The number of nitrogens with zero attached hydrogens (tertiary/aromatic N) is 2. The number of fused-ring (bicyclic) bond motifs is 1. The van der Waals surface area contributed by atoms with E-state index in [9.17, 15) is 5.11 Å². The van der Waals surface area contributed by atoms with Gasteiger partial charge in [0.1, 0.15) is 18.3 Å². The average molecular weight is 320 g/mol. The van der Waals surface area contributed by atoms with E-state index in [1.54, 1.807) is 0 Å². The second-order valence-corrected chi connectivity index (χ2v) is 7.04. The average Bonchev–Trinajstić information content (AvgIpc) is 3.17. The number of aliphatic hydroxyl groups is 1. The number of likely N-dealkylation sites (tertiary alicyclic amines) is 1. The Labute approximate surface area is 136 Å². The van der Waals surface area contributed by atoms with Crippen molar-refractivity contribution in [1.29, 1.82) is 0 Å². The molecule has 3 saturated heterocycles. The molecule has 0 amide bonds. The van der Waals surface area contributed by atoms with Crippen LogP contribution in [-0.2, 0) is 14.2 Å². The molecule has 6 nitrogen and oxygen atoms in total. The van der Waals surface area contributed by atoms with Crippen LogP contribution in [0.5, 0.6) is 0 Å². The van der Waals surface area contributed by atoms with Gasteiger partial charge in [-0.15, -0.1) is 0 Å². The smallest absolute Gasteiger partial charge is 0.190 e. The first-order valence-electron chi connectivity index (χ1n) is 8.38. The van der Waals surface area contributed by atoms with Crippen LogP contribution in [0.3, 0.4) is 0 Å². The lowest BCUT2D eigenvalue weighted by molar-refractivity contribution is -0.216. The summed E-state index contributed by atoms with van der Waals surface area (Å²) in [7, 11) is 0. The summed E-state index contributed by atoms with van der Waals surface area (Å²) < 4.78 is 17.4. The maximum absolute atomic E-state index is 10.5. The van der Waals surface area contributed by atoms with Crippen molar-refractivity contribution in [2.45, 2.75) is 63.1 Å². The fourth-order valence-electron chi connectivity index (χ4n) is 3.89. The highest BCUT2D eigenvalue weighted by Crippen LogP contribution is 2.39. The van der Waals surface area contributed by atoms with Gasteiger partial charge in [-0.05, 0) is 45.4 Å². The van der Waals surface area contributed by atoms with Gasteiger partial charge in [-0.2, -0.15) is 0 Å². The maximum atomic E-state index is 10.5. The monoisotopic (exact) mass is 320 g/mol. The van der Waals surface area contributed by atoms with Crippen molar-refractivity contribution in [3.8, 4) is 0 Å². The Balaban J connectivity index is 1.43. The lowest BCUT2D eigenvalue weighted by atomic mass is 10.1. The topological polar surface area (TPSA) is 64.1 Å². The molecule has 5 atom stereocenters. The predicted octanol–water partition coefficient (Wildman–Crippen LogP) is 1.46. The number of hydrogen-bond donors (Lipinski definition) is 1. The SMILES string of the molecule is CC1(C)O[C@H]2O[C@H](CN3CCC[C@H]3c3ccccn3)[C@@H](O)[C@@H]2O1. The summed E-state index contributed by atoms with van der Waals surface area (Å²) in [5.74, 6) is -0.689. The molecule has 6 heteroatoms. The molecule has 126 valence electrons. The number of aliphatic hydroxyl groups excluding tert-OH is 1. The molecule has 3 aliphatic rings. The summed E-state index contributed by atoms with van der Waals surface area (Å²) in [6.45, 7) is 5.35. The highest BCUT2D eigenvalue weighted by molar-refractivity contribution is 5.11. The minimum atomic E-state index is -0.689. The summed E-state index contributed by atoms with van der Waals surface area (Å²) in [6, 6.07) is 6.32. The zero-order chi connectivity index (χ0) is 16.0. The van der Waals surface area contributed by atoms with Crippen LogP contribution in [0.4, 0.5) is 0 Å². The third-order valence-corrected chi connectivity index (χ3v) is 4.92. The molecule has 0 bridgehead atoms. The Morgan fingerprint density at radius 3 is 2.96 bits per heavy atom. The van der Waals surface area contributed by atoms with E-state index in [0.717, 1.165) is 25.1 Å². The van der Waals surface area contributed by atoms with Crippen molar-refractivity contribution in [3.63, 3.8) is 0 Å². The van der Waals surface area contributed by atoms with Crippen LogP contribution in [0.2, 0.25) is 0 Å². The van der Waals surface area contributed by atoms with Crippen LogP contribution in [0.1, 0.15) is 38.4 Å². The third-order valence-electron chi connectivity index (χ3n) is 4.92. The molecule has 1 aromatic heterocycles. The van der Waals surface area contributed by atoms with E-state index in [4.69, 9.17) is 14.2 Å². The molecule has 0 aliphatic carbocycles. The van der Waals surface area contributed by atoms with Gasteiger partial charge in [-0.1, -0.05) is 6.07 Å². The van der Waals surface area contributed by atoms with Crippen LogP contribution in [-0.4, -0.2) is 58.5 Å². The van der Waals surface area contributed by atoms with Gasteiger partial charge in [-0.25, -0.2) is 0 Å². The Morgan fingerprint density at radius 1 is 1.35 bits per heavy atom. The summed E-state index contributed by atoms with van der Waals surface area (Å²) in [4.78, 5) is 6.84. The van der Waals surface area contributed by atoms with E-state index < -0.39 is 24.3 Å². The van der Waals surface area contributed by atoms with Gasteiger partial charge in [0.25, 0.3) is 0 Å². The van der Waals surface area contributed by atoms with Gasteiger partial charge in [0.05, 0.1) is 11.7 Å². The molecule has 0 aromatic carbocycles. The van der Waals surface area contributed by atoms with Gasteiger partial charge >= 0.3 is 0 Å². The molecule has 4 rings (SSSR count). The second kappa shape index (κ2) is 5.79. The first kappa shape index (κ1) is 15.5. The van der Waals surface area contributed by atoms with Gasteiger partial charge in [0.15, 0.2) is 12.1 Å². The molecule has 0 radical (unpaired) electrons. The number of ether oxygens (including phenoxy) is 3. The zero-order valence-corrected chi connectivity index (χ0v) is 13.6. The van der Waals surface area contributed by atoms with E-state index in [1.165, 1.54) is 0 Å². The quantitative estimate of drug-likeness (QED) is 0.909. The minimum absolute atomic E-state index is 0.287. The Hall–Kier alpha value is -1.05. The summed E-state index contributed by atoms with van der Waals surface area (Å²) >= 11 is 0. The third kappa shape index (κ3) is 2.90. The van der Waals surface area contributed by atoms with Crippen LogP contribution in [0.25, 0.3) is 0 Å². The number of pyridine rings is 1. The van der Waals surface area contributed by atoms with Crippen molar-refractivity contribution in [3.05, 3.63) is 30.1 Å². The van der Waals surface area contributed by atoms with Gasteiger partial charge < -0.3 is 19.3 Å². The first-order chi connectivity index (χ1) is 11.0. The molecule has 1 aromatic rings. The molecular formula is C17H24N2O4. The van der Waals surface area contributed by atoms with E-state index in [1.807, 2.05) is 32.2 Å². The first-order valence-corrected chi connectivity index (χ1v) is 8.38. The van der Waals surface area contributed by atoms with E-state index in [2.05, 4.69) is 16.0 Å². The molecule has 4 heterocycles. The highest BCUT2D eigenvalue weighted by Gasteiger charge is 2.54.